The van der Waals surface area contributed by atoms with Crippen LogP contribution in [0.25, 0.3) is 0 Å². The van der Waals surface area contributed by atoms with Gasteiger partial charge in [-0.2, -0.15) is 0 Å². The van der Waals surface area contributed by atoms with Crippen LogP contribution in [0.3, 0.4) is 0 Å². The van der Waals surface area contributed by atoms with Crippen molar-refractivity contribution in [3.8, 4) is 5.75 Å². The fourth-order valence-electron chi connectivity index (χ4n) is 1.94. The summed E-state index contributed by atoms with van der Waals surface area (Å²) in [6.07, 6.45) is 1.30. The second-order valence-electron chi connectivity index (χ2n) is 5.25. The summed E-state index contributed by atoms with van der Waals surface area (Å²) in [6.45, 7) is -0.576. The van der Waals surface area contributed by atoms with Crippen molar-refractivity contribution in [1.29, 1.82) is 0 Å². The van der Waals surface area contributed by atoms with Crippen LogP contribution >= 0.6 is 0 Å². The van der Waals surface area contributed by atoms with E-state index >= 15 is 0 Å². The number of amides is 1. The molecule has 2 rings (SSSR count). The van der Waals surface area contributed by atoms with Crippen LogP contribution in [0.5, 0.6) is 5.75 Å². The van der Waals surface area contributed by atoms with Crippen molar-refractivity contribution < 1.29 is 31.9 Å². The van der Waals surface area contributed by atoms with Crippen molar-refractivity contribution in [2.45, 2.75) is 4.90 Å². The Balaban J connectivity index is 2.12. The Bertz CT molecular complexity index is 889. The number of carbonyl (C=O) groups is 2. The average molecular weight is 382 g/mol. The zero-order valence-corrected chi connectivity index (χ0v) is 15.2. The van der Waals surface area contributed by atoms with E-state index in [0.717, 1.165) is 4.31 Å². The summed E-state index contributed by atoms with van der Waals surface area (Å²) >= 11 is 0. The highest BCUT2D eigenvalue weighted by Crippen LogP contribution is 2.28. The molecule has 26 heavy (non-hydrogen) atoms. The lowest BCUT2D eigenvalue weighted by molar-refractivity contribution is -0.119. The predicted molar refractivity (Wildman–Crippen MR) is 91.5 cm³/mol. The molecule has 140 valence electrons. The van der Waals surface area contributed by atoms with E-state index < -0.39 is 28.5 Å². The number of hydrogen-bond donors (Lipinski definition) is 1. The fraction of sp³-hybridized carbons (Fsp3) is 0.250. The molecule has 9 nitrogen and oxygen atoms in total. The minimum atomic E-state index is -3.69. The zero-order chi connectivity index (χ0) is 19.3. The SMILES string of the molecule is COc1ccc(S(=O)(=O)N(C)C)cc1NC(=O)COC(=O)c1ccco1. The molecule has 0 spiro atoms. The van der Waals surface area contributed by atoms with Crippen LogP contribution in [0.2, 0.25) is 0 Å². The van der Waals surface area contributed by atoms with Crippen LogP contribution < -0.4 is 10.1 Å². The van der Waals surface area contributed by atoms with E-state index in [4.69, 9.17) is 13.9 Å². The molecule has 0 aliphatic rings. The Morgan fingerprint density at radius 1 is 1.23 bits per heavy atom. The second kappa shape index (κ2) is 8.02. The lowest BCUT2D eigenvalue weighted by Gasteiger charge is -2.15. The van der Waals surface area contributed by atoms with Crippen molar-refractivity contribution in [2.24, 2.45) is 0 Å². The molecule has 1 N–H and O–H groups in total. The van der Waals surface area contributed by atoms with Crippen molar-refractivity contribution in [3.05, 3.63) is 42.4 Å². The highest BCUT2D eigenvalue weighted by Gasteiger charge is 2.20. The van der Waals surface area contributed by atoms with Gasteiger partial charge in [-0.15, -0.1) is 0 Å². The van der Waals surface area contributed by atoms with Crippen molar-refractivity contribution in [1.82, 2.24) is 4.31 Å². The van der Waals surface area contributed by atoms with Gasteiger partial charge in [-0.3, -0.25) is 4.79 Å². The van der Waals surface area contributed by atoms with E-state index in [-0.39, 0.29) is 22.1 Å². The van der Waals surface area contributed by atoms with Crippen molar-refractivity contribution in [3.63, 3.8) is 0 Å². The molecule has 2 aromatic rings. The number of esters is 1. The third-order valence-corrected chi connectivity index (χ3v) is 5.09. The number of methoxy groups -OCH3 is 1. The van der Waals surface area contributed by atoms with Gasteiger partial charge in [0.2, 0.25) is 15.8 Å². The van der Waals surface area contributed by atoms with E-state index in [1.165, 1.54) is 57.8 Å². The van der Waals surface area contributed by atoms with E-state index in [1.54, 1.807) is 0 Å². The predicted octanol–water partition coefficient (Wildman–Crippen LogP) is 1.33. The van der Waals surface area contributed by atoms with Crippen LogP contribution in [0, 0.1) is 0 Å². The van der Waals surface area contributed by atoms with Crippen LogP contribution in [0.15, 0.2) is 45.9 Å². The molecule has 1 aromatic heterocycles. The first kappa shape index (κ1) is 19.5. The fourth-order valence-corrected chi connectivity index (χ4v) is 2.87. The molecular formula is C16H18N2O7S. The zero-order valence-electron chi connectivity index (χ0n) is 14.4. The third-order valence-electron chi connectivity index (χ3n) is 3.28. The first-order valence-corrected chi connectivity index (χ1v) is 8.80. The minimum Gasteiger partial charge on any atom is -0.495 e. The molecule has 0 radical (unpaired) electrons. The molecule has 0 fully saturated rings. The summed E-state index contributed by atoms with van der Waals surface area (Å²) in [5.74, 6) is -1.23. The summed E-state index contributed by atoms with van der Waals surface area (Å²) in [4.78, 5) is 23.6. The number of benzene rings is 1. The number of hydrogen-bond acceptors (Lipinski definition) is 7. The summed E-state index contributed by atoms with van der Waals surface area (Å²) in [5, 5.41) is 2.46. The minimum absolute atomic E-state index is 0.0221. The molecule has 10 heteroatoms. The molecule has 0 atom stereocenters. The molecule has 0 saturated carbocycles. The Morgan fingerprint density at radius 2 is 1.96 bits per heavy atom. The quantitative estimate of drug-likeness (QED) is 0.718. The van der Waals surface area contributed by atoms with Crippen LogP contribution in [-0.2, 0) is 19.6 Å². The van der Waals surface area contributed by atoms with Crippen LogP contribution in [-0.4, -0.2) is 52.4 Å². The normalized spacial score (nSPS) is 11.2. The van der Waals surface area contributed by atoms with Gasteiger partial charge >= 0.3 is 5.97 Å². The maximum absolute atomic E-state index is 12.2. The third kappa shape index (κ3) is 4.41. The lowest BCUT2D eigenvalue weighted by atomic mass is 10.3. The molecule has 1 heterocycles. The van der Waals surface area contributed by atoms with Gasteiger partial charge in [-0.1, -0.05) is 0 Å². The molecule has 1 aromatic carbocycles. The van der Waals surface area contributed by atoms with Gasteiger partial charge in [0, 0.05) is 14.1 Å². The van der Waals surface area contributed by atoms with Gasteiger partial charge in [-0.25, -0.2) is 17.5 Å². The summed E-state index contributed by atoms with van der Waals surface area (Å²) < 4.78 is 40.3. The molecule has 0 aliphatic carbocycles. The number of sulfonamides is 1. The molecule has 0 aliphatic heterocycles. The van der Waals surface area contributed by atoms with Gasteiger partial charge in [0.25, 0.3) is 5.91 Å². The highest BCUT2D eigenvalue weighted by molar-refractivity contribution is 7.89. The topological polar surface area (TPSA) is 115 Å². The number of furan rings is 1. The average Bonchev–Trinajstić information content (AvgIpc) is 3.14. The van der Waals surface area contributed by atoms with Gasteiger partial charge < -0.3 is 19.2 Å². The van der Waals surface area contributed by atoms with E-state index in [0.29, 0.717) is 0 Å². The number of anilines is 1. The smallest absolute Gasteiger partial charge is 0.374 e. The van der Waals surface area contributed by atoms with Crippen molar-refractivity contribution >= 4 is 27.6 Å². The highest BCUT2D eigenvalue weighted by atomic mass is 32.2. The van der Waals surface area contributed by atoms with Crippen molar-refractivity contribution in [2.75, 3.05) is 33.1 Å². The van der Waals surface area contributed by atoms with Crippen LogP contribution in [0.4, 0.5) is 5.69 Å². The maximum atomic E-state index is 12.2. The molecule has 1 amide bonds. The van der Waals surface area contributed by atoms with E-state index in [1.807, 2.05) is 0 Å². The van der Waals surface area contributed by atoms with E-state index in [9.17, 15) is 18.0 Å². The maximum Gasteiger partial charge on any atom is 0.374 e. The molecule has 0 saturated heterocycles. The number of nitrogens with zero attached hydrogens (tertiary/aromatic N) is 1. The number of rotatable bonds is 7. The lowest BCUT2D eigenvalue weighted by Crippen LogP contribution is -2.23. The van der Waals surface area contributed by atoms with Gasteiger partial charge in [0.15, 0.2) is 6.61 Å². The molecule has 0 bridgehead atoms. The number of nitrogens with one attached hydrogen (secondary N) is 1. The Hall–Kier alpha value is -2.85. The molecular weight excluding hydrogens is 364 g/mol. The first-order chi connectivity index (χ1) is 12.3. The summed E-state index contributed by atoms with van der Waals surface area (Å²) in [5.41, 5.74) is 0.134. The monoisotopic (exact) mass is 382 g/mol. The molecule has 0 unspecified atom stereocenters. The standard InChI is InChI=1S/C16H18N2O7S/c1-18(2)26(21,22)11-6-7-13(23-3)12(9-11)17-15(19)10-25-16(20)14-5-4-8-24-14/h4-9H,10H2,1-3H3,(H,17,19). The van der Waals surface area contributed by atoms with Gasteiger partial charge in [-0.05, 0) is 30.3 Å². The number of ether oxygens (including phenoxy) is 2. The Morgan fingerprint density at radius 3 is 2.54 bits per heavy atom. The first-order valence-electron chi connectivity index (χ1n) is 7.36. The number of carbonyl (C=O) groups excluding carboxylic acids is 2. The Labute approximate surface area is 150 Å². The second-order valence-corrected chi connectivity index (χ2v) is 7.40. The Kier molecular flexibility index (Phi) is 6.01. The van der Waals surface area contributed by atoms with Gasteiger partial charge in [0.1, 0.15) is 5.75 Å². The van der Waals surface area contributed by atoms with E-state index in [2.05, 4.69) is 5.32 Å². The van der Waals surface area contributed by atoms with Crippen LogP contribution in [0.1, 0.15) is 10.6 Å². The van der Waals surface area contributed by atoms with Gasteiger partial charge in [0.05, 0.1) is 24.0 Å². The summed E-state index contributed by atoms with van der Waals surface area (Å²) in [6, 6.07) is 6.96. The summed E-state index contributed by atoms with van der Waals surface area (Å²) in [7, 11) is 0.480. The largest absolute Gasteiger partial charge is 0.495 e.